The molecule has 6 rings (SSSR count). The SMILES string of the molecule is COc1nc(-c2cccc(-c3cccc(-c4ccc5c(CNC[C@@H](C)OC)cn(C)c5n4)c3Cl)c2Cl)ccc1CNC[C@H]1CCC(=O)N1. The monoisotopic (exact) mass is 686 g/mol. The van der Waals surface area contributed by atoms with E-state index in [2.05, 4.69) is 28.2 Å². The Hall–Kier alpha value is -3.99. The lowest BCUT2D eigenvalue weighted by Crippen LogP contribution is -2.35. The van der Waals surface area contributed by atoms with Crippen LogP contribution in [0.15, 0.2) is 66.9 Å². The summed E-state index contributed by atoms with van der Waals surface area (Å²) in [6.45, 7) is 4.77. The fraction of sp³-hybridized carbons (Fsp3) is 0.324. The number of benzene rings is 2. The zero-order valence-corrected chi connectivity index (χ0v) is 29.1. The lowest BCUT2D eigenvalue weighted by Gasteiger charge is -2.15. The Balaban J connectivity index is 1.25. The van der Waals surface area contributed by atoms with E-state index < -0.39 is 0 Å². The van der Waals surface area contributed by atoms with Crippen LogP contribution in [0, 0.1) is 0 Å². The summed E-state index contributed by atoms with van der Waals surface area (Å²) in [5.74, 6) is 0.622. The number of carbonyl (C=O) groups excluding carboxylic acids is 1. The van der Waals surface area contributed by atoms with Crippen molar-refractivity contribution in [2.75, 3.05) is 27.3 Å². The highest BCUT2D eigenvalue weighted by Gasteiger charge is 2.21. The van der Waals surface area contributed by atoms with E-state index in [0.717, 1.165) is 64.1 Å². The summed E-state index contributed by atoms with van der Waals surface area (Å²) < 4.78 is 13.1. The lowest BCUT2D eigenvalue weighted by molar-refractivity contribution is -0.119. The molecule has 5 aromatic rings. The Kier molecular flexibility index (Phi) is 10.6. The molecule has 0 aliphatic carbocycles. The number of nitrogens with zero attached hydrogens (tertiary/aromatic N) is 3. The third-order valence-corrected chi connectivity index (χ3v) is 9.63. The summed E-state index contributed by atoms with van der Waals surface area (Å²) in [5, 5.41) is 12.0. The summed E-state index contributed by atoms with van der Waals surface area (Å²) in [6, 6.07) is 20.0. The van der Waals surface area contributed by atoms with E-state index in [9.17, 15) is 4.79 Å². The summed E-state index contributed by atoms with van der Waals surface area (Å²) in [5.41, 5.74) is 7.63. The molecule has 250 valence electrons. The quantitative estimate of drug-likeness (QED) is 0.126. The van der Waals surface area contributed by atoms with Crippen molar-refractivity contribution < 1.29 is 14.3 Å². The largest absolute Gasteiger partial charge is 0.481 e. The normalized spacial score (nSPS) is 15.2. The molecule has 4 heterocycles. The highest BCUT2D eigenvalue weighted by molar-refractivity contribution is 6.39. The third kappa shape index (κ3) is 7.21. The molecule has 48 heavy (non-hydrogen) atoms. The first-order valence-corrected chi connectivity index (χ1v) is 16.8. The number of ether oxygens (including phenoxy) is 2. The van der Waals surface area contributed by atoms with Gasteiger partial charge in [0.1, 0.15) is 5.65 Å². The van der Waals surface area contributed by atoms with Gasteiger partial charge in [0.05, 0.1) is 34.6 Å². The minimum atomic E-state index is 0.106. The number of halogens is 2. The maximum absolute atomic E-state index is 11.5. The molecule has 1 amide bonds. The Morgan fingerprint density at radius 3 is 2.19 bits per heavy atom. The molecule has 1 saturated heterocycles. The number of amides is 1. The van der Waals surface area contributed by atoms with E-state index in [1.165, 1.54) is 5.56 Å². The molecular weight excluding hydrogens is 647 g/mol. The molecule has 0 spiro atoms. The van der Waals surface area contributed by atoms with E-state index in [1.807, 2.05) is 73.1 Å². The highest BCUT2D eigenvalue weighted by atomic mass is 35.5. The standard InChI is InChI=1S/C37H40Cl2N6O3/c1-22(47-3)17-40-19-24-21-45(2)36-26(24)13-15-31(43-36)29-9-5-7-27(34(29)38)28-8-6-10-30(35(28)39)32-14-11-23(37(44-32)48-4)18-41-20-25-12-16-33(46)42-25/h5-11,13-15,21-22,25,40-41H,12,16-20H2,1-4H3,(H,42,46)/t22-,25-/m1/s1. The maximum atomic E-state index is 11.5. The Labute approximate surface area is 291 Å². The van der Waals surface area contributed by atoms with Gasteiger partial charge in [-0.2, -0.15) is 0 Å². The Bertz CT molecular complexity index is 1940. The topological polar surface area (TPSA) is 102 Å². The van der Waals surface area contributed by atoms with E-state index in [0.29, 0.717) is 41.1 Å². The molecule has 1 aliphatic heterocycles. The minimum Gasteiger partial charge on any atom is -0.481 e. The van der Waals surface area contributed by atoms with Gasteiger partial charge in [-0.3, -0.25) is 4.79 Å². The second kappa shape index (κ2) is 15.1. The smallest absolute Gasteiger partial charge is 0.220 e. The predicted molar refractivity (Wildman–Crippen MR) is 192 cm³/mol. The molecule has 0 unspecified atom stereocenters. The third-order valence-electron chi connectivity index (χ3n) is 8.82. The van der Waals surface area contributed by atoms with Crippen LogP contribution in [0.5, 0.6) is 5.88 Å². The molecule has 3 N–H and O–H groups in total. The van der Waals surface area contributed by atoms with Gasteiger partial charge < -0.3 is 30.0 Å². The van der Waals surface area contributed by atoms with Crippen LogP contribution in [-0.2, 0) is 29.7 Å². The number of fused-ring (bicyclic) bond motifs is 1. The first-order valence-electron chi connectivity index (χ1n) is 16.1. The van der Waals surface area contributed by atoms with Crippen LogP contribution in [-0.4, -0.2) is 59.9 Å². The van der Waals surface area contributed by atoms with Crippen molar-refractivity contribution in [1.29, 1.82) is 0 Å². The molecule has 0 saturated carbocycles. The summed E-state index contributed by atoms with van der Waals surface area (Å²) >= 11 is 14.2. The number of rotatable bonds is 13. The predicted octanol–water partition coefficient (Wildman–Crippen LogP) is 6.78. The van der Waals surface area contributed by atoms with Gasteiger partial charge in [-0.25, -0.2) is 9.97 Å². The van der Waals surface area contributed by atoms with Crippen molar-refractivity contribution in [3.8, 4) is 39.5 Å². The van der Waals surface area contributed by atoms with E-state index in [1.54, 1.807) is 14.2 Å². The molecular formula is C37H40Cl2N6O3. The molecule has 3 aromatic heterocycles. The molecule has 11 heteroatoms. The van der Waals surface area contributed by atoms with Gasteiger partial charge in [-0.05, 0) is 37.1 Å². The van der Waals surface area contributed by atoms with E-state index in [-0.39, 0.29) is 18.1 Å². The van der Waals surface area contributed by atoms with Crippen LogP contribution >= 0.6 is 23.2 Å². The number of hydrogen-bond acceptors (Lipinski definition) is 7. The molecule has 1 fully saturated rings. The van der Waals surface area contributed by atoms with Crippen molar-refractivity contribution in [1.82, 2.24) is 30.5 Å². The first kappa shape index (κ1) is 33.9. The molecule has 9 nitrogen and oxygen atoms in total. The second-order valence-corrected chi connectivity index (χ2v) is 12.9. The van der Waals surface area contributed by atoms with Gasteiger partial charge in [0, 0.05) is 92.2 Å². The van der Waals surface area contributed by atoms with Crippen LogP contribution in [0.25, 0.3) is 44.7 Å². The number of carbonyl (C=O) groups is 1. The minimum absolute atomic E-state index is 0.106. The number of aromatic nitrogens is 3. The van der Waals surface area contributed by atoms with Crippen molar-refractivity contribution in [2.24, 2.45) is 7.05 Å². The van der Waals surface area contributed by atoms with Crippen LogP contribution in [0.1, 0.15) is 30.9 Å². The van der Waals surface area contributed by atoms with Crippen molar-refractivity contribution in [3.05, 3.63) is 88.0 Å². The van der Waals surface area contributed by atoms with Crippen LogP contribution < -0.4 is 20.7 Å². The average Bonchev–Trinajstić information content (AvgIpc) is 3.66. The summed E-state index contributed by atoms with van der Waals surface area (Å²) in [6.07, 6.45) is 3.67. The number of pyridine rings is 2. The molecule has 2 aromatic carbocycles. The fourth-order valence-electron chi connectivity index (χ4n) is 6.13. The Morgan fingerprint density at radius 1 is 0.896 bits per heavy atom. The van der Waals surface area contributed by atoms with Crippen LogP contribution in [0.3, 0.4) is 0 Å². The number of nitrogens with one attached hydrogen (secondary N) is 3. The zero-order chi connectivity index (χ0) is 33.8. The van der Waals surface area contributed by atoms with Gasteiger partial charge in [0.25, 0.3) is 0 Å². The average molecular weight is 688 g/mol. The molecule has 1 aliphatic rings. The van der Waals surface area contributed by atoms with Gasteiger partial charge in [-0.1, -0.05) is 65.7 Å². The fourth-order valence-corrected chi connectivity index (χ4v) is 6.78. The molecule has 0 radical (unpaired) electrons. The summed E-state index contributed by atoms with van der Waals surface area (Å²) in [4.78, 5) is 21.3. The second-order valence-electron chi connectivity index (χ2n) is 12.1. The van der Waals surface area contributed by atoms with Gasteiger partial charge in [0.2, 0.25) is 11.8 Å². The Morgan fingerprint density at radius 2 is 1.54 bits per heavy atom. The first-order chi connectivity index (χ1) is 23.3. The van der Waals surface area contributed by atoms with Gasteiger partial charge in [-0.15, -0.1) is 0 Å². The highest BCUT2D eigenvalue weighted by Crippen LogP contribution is 2.42. The number of aryl methyl sites for hydroxylation is 1. The van der Waals surface area contributed by atoms with E-state index >= 15 is 0 Å². The van der Waals surface area contributed by atoms with Crippen molar-refractivity contribution in [2.45, 2.75) is 45.0 Å². The zero-order valence-electron chi connectivity index (χ0n) is 27.6. The lowest BCUT2D eigenvalue weighted by atomic mass is 9.98. The van der Waals surface area contributed by atoms with Gasteiger partial charge >= 0.3 is 0 Å². The number of hydrogen-bond donors (Lipinski definition) is 3. The van der Waals surface area contributed by atoms with Crippen molar-refractivity contribution in [3.63, 3.8) is 0 Å². The maximum Gasteiger partial charge on any atom is 0.220 e. The van der Waals surface area contributed by atoms with Crippen molar-refractivity contribution >= 4 is 40.1 Å². The molecule has 2 atom stereocenters. The van der Waals surface area contributed by atoms with Crippen LogP contribution in [0.4, 0.5) is 0 Å². The van der Waals surface area contributed by atoms with E-state index in [4.69, 9.17) is 42.6 Å². The van der Waals surface area contributed by atoms with Crippen LogP contribution in [0.2, 0.25) is 10.0 Å². The molecule has 0 bridgehead atoms. The van der Waals surface area contributed by atoms with Gasteiger partial charge in [0.15, 0.2) is 0 Å². The summed E-state index contributed by atoms with van der Waals surface area (Å²) in [7, 11) is 5.33. The number of methoxy groups -OCH3 is 2.